The second-order valence-electron chi connectivity index (χ2n) is 5.20. The number of hydrogen-bond acceptors (Lipinski definition) is 6. The molecule has 112 valence electrons. The number of sulfone groups is 1. The van der Waals surface area contributed by atoms with Crippen LogP contribution in [0.15, 0.2) is 22.5 Å². The number of nitrogens with zero attached hydrogens (tertiary/aromatic N) is 2. The van der Waals surface area contributed by atoms with Crippen LogP contribution in [0.25, 0.3) is 10.2 Å². The topological polar surface area (TPSA) is 93.4 Å². The maximum Gasteiger partial charge on any atom is 0.238 e. The lowest BCUT2D eigenvalue weighted by Crippen LogP contribution is -2.34. The first-order chi connectivity index (χ1) is 9.87. The summed E-state index contributed by atoms with van der Waals surface area (Å²) >= 11 is 1.05. The van der Waals surface area contributed by atoms with E-state index in [4.69, 9.17) is 5.73 Å². The van der Waals surface area contributed by atoms with Gasteiger partial charge in [-0.2, -0.15) is 0 Å². The molecule has 0 unspecified atom stereocenters. The highest BCUT2D eigenvalue weighted by Crippen LogP contribution is 2.29. The van der Waals surface area contributed by atoms with Crippen LogP contribution in [0.4, 0.5) is 5.69 Å². The summed E-state index contributed by atoms with van der Waals surface area (Å²) in [5.74, 6) is -0.911. The number of anilines is 1. The van der Waals surface area contributed by atoms with Crippen LogP contribution in [0.2, 0.25) is 0 Å². The molecule has 0 bridgehead atoms. The van der Waals surface area contributed by atoms with Crippen LogP contribution in [0.1, 0.15) is 12.8 Å². The molecule has 0 atom stereocenters. The molecule has 1 aromatic heterocycles. The standard InChI is InChI=1S/C13H15N3O3S2/c1-16(9-3-4-9)12(17)7-21(18,19)13-15-10-5-2-8(14)6-11(10)20-13/h2,5-6,9H,3-4,7,14H2,1H3. The number of fused-ring (bicyclic) bond motifs is 1. The Hall–Kier alpha value is -1.67. The highest BCUT2D eigenvalue weighted by atomic mass is 32.2. The van der Waals surface area contributed by atoms with Crippen molar-refractivity contribution < 1.29 is 13.2 Å². The molecule has 1 aromatic carbocycles. The zero-order valence-corrected chi connectivity index (χ0v) is 13.1. The van der Waals surface area contributed by atoms with Gasteiger partial charge in [-0.1, -0.05) is 0 Å². The first kappa shape index (κ1) is 14.3. The number of nitrogens with two attached hydrogens (primary N) is 1. The van der Waals surface area contributed by atoms with Gasteiger partial charge in [0.15, 0.2) is 0 Å². The Balaban J connectivity index is 1.87. The summed E-state index contributed by atoms with van der Waals surface area (Å²) in [5.41, 5.74) is 6.81. The highest BCUT2D eigenvalue weighted by molar-refractivity contribution is 7.94. The summed E-state index contributed by atoms with van der Waals surface area (Å²) < 4.78 is 25.3. The van der Waals surface area contributed by atoms with Crippen LogP contribution in [0.3, 0.4) is 0 Å². The number of benzene rings is 1. The van der Waals surface area contributed by atoms with Gasteiger partial charge in [-0.15, -0.1) is 11.3 Å². The normalized spacial score (nSPS) is 15.3. The second-order valence-corrected chi connectivity index (χ2v) is 8.40. The Bertz CT molecular complexity index is 809. The van der Waals surface area contributed by atoms with Crippen molar-refractivity contribution in [2.24, 2.45) is 0 Å². The predicted molar refractivity (Wildman–Crippen MR) is 81.9 cm³/mol. The molecule has 21 heavy (non-hydrogen) atoms. The van der Waals surface area contributed by atoms with Crippen molar-refractivity contribution in [3.05, 3.63) is 18.2 Å². The molecule has 0 radical (unpaired) electrons. The molecule has 1 aliphatic carbocycles. The van der Waals surface area contributed by atoms with Crippen LogP contribution in [-0.4, -0.2) is 43.1 Å². The lowest BCUT2D eigenvalue weighted by molar-refractivity contribution is -0.127. The van der Waals surface area contributed by atoms with Crippen LogP contribution in [0, 0.1) is 0 Å². The molecule has 0 saturated heterocycles. The minimum atomic E-state index is -3.71. The Labute approximate surface area is 126 Å². The quantitative estimate of drug-likeness (QED) is 0.855. The van der Waals surface area contributed by atoms with E-state index in [0.29, 0.717) is 15.9 Å². The van der Waals surface area contributed by atoms with E-state index in [2.05, 4.69) is 4.98 Å². The van der Waals surface area contributed by atoms with Crippen LogP contribution < -0.4 is 5.73 Å². The highest BCUT2D eigenvalue weighted by Gasteiger charge is 2.33. The van der Waals surface area contributed by atoms with Crippen molar-refractivity contribution in [1.29, 1.82) is 0 Å². The Kier molecular flexibility index (Phi) is 3.37. The Morgan fingerprint density at radius 2 is 2.19 bits per heavy atom. The molecule has 1 aliphatic rings. The number of amides is 1. The van der Waals surface area contributed by atoms with Crippen LogP contribution in [-0.2, 0) is 14.6 Å². The molecule has 1 saturated carbocycles. The van der Waals surface area contributed by atoms with Gasteiger partial charge in [-0.05, 0) is 31.0 Å². The summed E-state index contributed by atoms with van der Waals surface area (Å²) in [4.78, 5) is 17.6. The third kappa shape index (κ3) is 2.86. The number of hydrogen-bond donors (Lipinski definition) is 1. The van der Waals surface area contributed by atoms with Crippen molar-refractivity contribution in [1.82, 2.24) is 9.88 Å². The van der Waals surface area contributed by atoms with Gasteiger partial charge in [0, 0.05) is 18.8 Å². The fraction of sp³-hybridized carbons (Fsp3) is 0.385. The molecule has 1 amide bonds. The van der Waals surface area contributed by atoms with E-state index in [1.165, 1.54) is 4.90 Å². The Morgan fingerprint density at radius 1 is 1.48 bits per heavy atom. The van der Waals surface area contributed by atoms with Crippen molar-refractivity contribution >= 4 is 43.0 Å². The average molecular weight is 325 g/mol. The van der Waals surface area contributed by atoms with Gasteiger partial charge >= 0.3 is 0 Å². The summed E-state index contributed by atoms with van der Waals surface area (Å²) in [6, 6.07) is 5.23. The van der Waals surface area contributed by atoms with Gasteiger partial charge in [0.1, 0.15) is 5.75 Å². The lowest BCUT2D eigenvalue weighted by Gasteiger charge is -2.15. The zero-order chi connectivity index (χ0) is 15.2. The van der Waals surface area contributed by atoms with Crippen LogP contribution in [0.5, 0.6) is 0 Å². The molecule has 1 fully saturated rings. The molecule has 3 rings (SSSR count). The molecule has 8 heteroatoms. The second kappa shape index (κ2) is 4.96. The van der Waals surface area contributed by atoms with Gasteiger partial charge in [0.2, 0.25) is 20.1 Å². The summed E-state index contributed by atoms with van der Waals surface area (Å²) in [5, 5.41) is 0. The molecule has 0 aliphatic heterocycles. The molecule has 0 spiro atoms. The minimum Gasteiger partial charge on any atom is -0.399 e. The summed E-state index contributed by atoms with van der Waals surface area (Å²) in [6.07, 6.45) is 1.89. The fourth-order valence-electron chi connectivity index (χ4n) is 2.04. The lowest BCUT2D eigenvalue weighted by atomic mass is 10.3. The molecular formula is C13H15N3O3S2. The molecule has 2 N–H and O–H groups in total. The maximum atomic E-state index is 12.3. The predicted octanol–water partition coefficient (Wildman–Crippen LogP) is 1.27. The number of carbonyl (C=O) groups excluding carboxylic acids is 1. The van der Waals surface area contributed by atoms with Gasteiger partial charge in [-0.25, -0.2) is 13.4 Å². The number of aromatic nitrogens is 1. The smallest absolute Gasteiger partial charge is 0.238 e. The van der Waals surface area contributed by atoms with Crippen molar-refractivity contribution in [2.75, 3.05) is 18.5 Å². The largest absolute Gasteiger partial charge is 0.399 e. The van der Waals surface area contributed by atoms with Gasteiger partial charge < -0.3 is 10.6 Å². The van der Waals surface area contributed by atoms with E-state index in [9.17, 15) is 13.2 Å². The minimum absolute atomic E-state index is 0.0272. The van der Waals surface area contributed by atoms with Gasteiger partial charge in [0.05, 0.1) is 10.2 Å². The van der Waals surface area contributed by atoms with E-state index in [1.54, 1.807) is 25.2 Å². The van der Waals surface area contributed by atoms with E-state index in [-0.39, 0.29) is 16.3 Å². The van der Waals surface area contributed by atoms with Crippen LogP contribution >= 0.6 is 11.3 Å². The maximum absolute atomic E-state index is 12.3. The van der Waals surface area contributed by atoms with Gasteiger partial charge in [-0.3, -0.25) is 4.79 Å². The monoisotopic (exact) mass is 325 g/mol. The van der Waals surface area contributed by atoms with Crippen molar-refractivity contribution in [2.45, 2.75) is 23.2 Å². The molecule has 6 nitrogen and oxygen atoms in total. The van der Waals surface area contributed by atoms with E-state index < -0.39 is 15.6 Å². The van der Waals surface area contributed by atoms with E-state index in [1.807, 2.05) is 0 Å². The number of carbonyl (C=O) groups is 1. The van der Waals surface area contributed by atoms with Crippen molar-refractivity contribution in [3.8, 4) is 0 Å². The third-order valence-corrected chi connectivity index (χ3v) is 6.54. The molecular weight excluding hydrogens is 310 g/mol. The number of rotatable bonds is 4. The van der Waals surface area contributed by atoms with E-state index >= 15 is 0 Å². The van der Waals surface area contributed by atoms with Gasteiger partial charge in [0.25, 0.3) is 0 Å². The molecule has 2 aromatic rings. The summed E-state index contributed by atoms with van der Waals surface area (Å²) in [6.45, 7) is 0. The first-order valence-electron chi connectivity index (χ1n) is 6.51. The van der Waals surface area contributed by atoms with E-state index in [0.717, 1.165) is 24.2 Å². The number of nitrogen functional groups attached to an aromatic ring is 1. The SMILES string of the molecule is CN(C(=O)CS(=O)(=O)c1nc2ccc(N)cc2s1)C1CC1. The third-order valence-electron chi connectivity index (χ3n) is 3.46. The fourth-order valence-corrected chi connectivity index (χ4v) is 4.63. The first-order valence-corrected chi connectivity index (χ1v) is 8.98. The van der Waals surface area contributed by atoms with Crippen molar-refractivity contribution in [3.63, 3.8) is 0 Å². The Morgan fingerprint density at radius 3 is 2.86 bits per heavy atom. The number of thiazole rings is 1. The average Bonchev–Trinajstić information content (AvgIpc) is 3.16. The molecule has 1 heterocycles. The zero-order valence-electron chi connectivity index (χ0n) is 11.4. The summed E-state index contributed by atoms with van der Waals surface area (Å²) in [7, 11) is -2.06.